The van der Waals surface area contributed by atoms with Gasteiger partial charge in [-0.2, -0.15) is 10.5 Å². The van der Waals surface area contributed by atoms with E-state index in [-0.39, 0.29) is 45.6 Å². The van der Waals surface area contributed by atoms with Crippen LogP contribution in [0.1, 0.15) is 17.5 Å². The molecule has 3 N–H and O–H groups in total. The van der Waals surface area contributed by atoms with Crippen molar-refractivity contribution in [2.24, 2.45) is 0 Å². The lowest BCUT2D eigenvalue weighted by atomic mass is 9.96. The third-order valence-corrected chi connectivity index (χ3v) is 8.38. The number of methoxy groups -OCH3 is 3. The van der Waals surface area contributed by atoms with Gasteiger partial charge in [0.2, 0.25) is 11.7 Å². The van der Waals surface area contributed by atoms with Gasteiger partial charge in [0.05, 0.1) is 42.6 Å². The average molecular weight is 642 g/mol. The Kier molecular flexibility index (Phi) is 9.99. The van der Waals surface area contributed by atoms with Crippen LogP contribution in [0.15, 0.2) is 40.7 Å². The van der Waals surface area contributed by atoms with Crippen LogP contribution in [0.25, 0.3) is 22.4 Å². The Labute approximate surface area is 260 Å². The zero-order chi connectivity index (χ0) is 30.4. The number of thioether (sulfide) groups is 1. The number of aromatic nitrogens is 2. The molecular weight excluding hydrogens is 619 g/mol. The Balaban J connectivity index is 1.54. The molecule has 0 unspecified atom stereocenters. The van der Waals surface area contributed by atoms with Gasteiger partial charge in [-0.1, -0.05) is 29.3 Å². The number of nitrogen functional groups attached to an aromatic ring is 1. The standard InChI is InChI=1S/C28H22Cl2N6O4S2/c1-38-21-9-15(10-22(39-2)25(21)40-3)24-16(11-31)26(33)36-27(17(24)12-32)41-7-6-23(37)35-28-34-20(13-42-28)14-4-5-18(29)19(30)8-14/h4-5,8-10,13H,6-7H2,1-3H3,(H2,33,36)(H,34,35,37). The molecule has 2 heterocycles. The van der Waals surface area contributed by atoms with Crippen LogP contribution in [-0.4, -0.2) is 43.0 Å². The summed E-state index contributed by atoms with van der Waals surface area (Å²) in [5, 5.41) is 26.1. The smallest absolute Gasteiger partial charge is 0.226 e. The molecular formula is C28H22Cl2N6O4S2. The molecule has 0 atom stereocenters. The molecule has 0 bridgehead atoms. The quantitative estimate of drug-likeness (QED) is 0.180. The number of nitrogens with one attached hydrogen (secondary N) is 1. The zero-order valence-electron chi connectivity index (χ0n) is 22.4. The van der Waals surface area contributed by atoms with Crippen molar-refractivity contribution in [1.29, 1.82) is 10.5 Å². The second kappa shape index (κ2) is 13.6. The van der Waals surface area contributed by atoms with Gasteiger partial charge in [0, 0.05) is 28.7 Å². The molecule has 4 aromatic rings. The molecule has 42 heavy (non-hydrogen) atoms. The molecule has 0 aliphatic heterocycles. The van der Waals surface area contributed by atoms with E-state index in [0.29, 0.717) is 43.7 Å². The number of benzene rings is 2. The molecule has 214 valence electrons. The normalized spacial score (nSPS) is 10.5. The molecule has 0 aliphatic carbocycles. The maximum absolute atomic E-state index is 12.7. The van der Waals surface area contributed by atoms with Crippen molar-refractivity contribution in [3.05, 3.63) is 56.9 Å². The van der Waals surface area contributed by atoms with E-state index in [1.165, 1.54) is 44.4 Å². The van der Waals surface area contributed by atoms with E-state index in [1.54, 1.807) is 35.7 Å². The van der Waals surface area contributed by atoms with Crippen LogP contribution in [0.3, 0.4) is 0 Å². The van der Waals surface area contributed by atoms with Gasteiger partial charge in [0.1, 0.15) is 28.5 Å². The number of ether oxygens (including phenoxy) is 3. The highest BCUT2D eigenvalue weighted by atomic mass is 35.5. The summed E-state index contributed by atoms with van der Waals surface area (Å²) in [6, 6.07) is 12.6. The highest BCUT2D eigenvalue weighted by Gasteiger charge is 2.24. The second-order valence-corrected chi connectivity index (χ2v) is 11.1. The molecule has 0 spiro atoms. The Morgan fingerprint density at radius 2 is 1.69 bits per heavy atom. The fraction of sp³-hybridized carbons (Fsp3) is 0.179. The van der Waals surface area contributed by atoms with Gasteiger partial charge in [-0.25, -0.2) is 9.97 Å². The number of nitrogens with zero attached hydrogens (tertiary/aromatic N) is 4. The number of rotatable bonds is 10. The molecule has 10 nitrogen and oxygen atoms in total. The number of anilines is 2. The summed E-state index contributed by atoms with van der Waals surface area (Å²) in [5.74, 6) is 0.981. The molecule has 0 fully saturated rings. The Bertz CT molecular complexity index is 1720. The van der Waals surface area contributed by atoms with Crippen molar-refractivity contribution >= 4 is 63.2 Å². The first-order valence-electron chi connectivity index (χ1n) is 12.0. The summed E-state index contributed by atoms with van der Waals surface area (Å²) >= 11 is 14.5. The Morgan fingerprint density at radius 3 is 2.29 bits per heavy atom. The van der Waals surface area contributed by atoms with Crippen molar-refractivity contribution in [3.63, 3.8) is 0 Å². The van der Waals surface area contributed by atoms with Crippen molar-refractivity contribution < 1.29 is 19.0 Å². The van der Waals surface area contributed by atoms with Gasteiger partial charge in [-0.3, -0.25) is 4.79 Å². The summed E-state index contributed by atoms with van der Waals surface area (Å²) in [5.41, 5.74) is 8.46. The van der Waals surface area contributed by atoms with Crippen LogP contribution >= 0.6 is 46.3 Å². The number of halogens is 2. The number of carbonyl (C=O) groups is 1. The minimum Gasteiger partial charge on any atom is -0.493 e. The molecule has 4 rings (SSSR count). The first kappa shape index (κ1) is 30.8. The molecule has 2 aromatic heterocycles. The third-order valence-electron chi connectivity index (χ3n) is 5.90. The van der Waals surface area contributed by atoms with Crippen LogP contribution in [0.2, 0.25) is 10.0 Å². The summed E-state index contributed by atoms with van der Waals surface area (Å²) < 4.78 is 16.3. The van der Waals surface area contributed by atoms with Gasteiger partial charge >= 0.3 is 0 Å². The van der Waals surface area contributed by atoms with E-state index in [1.807, 2.05) is 6.07 Å². The SMILES string of the molecule is COc1cc(-c2c(C#N)c(N)nc(SCCC(=O)Nc3nc(-c4ccc(Cl)c(Cl)c4)cs3)c2C#N)cc(OC)c1OC. The summed E-state index contributed by atoms with van der Waals surface area (Å²) in [7, 11) is 4.40. The molecule has 1 amide bonds. The fourth-order valence-electron chi connectivity index (χ4n) is 3.96. The first-order chi connectivity index (χ1) is 20.2. The van der Waals surface area contributed by atoms with Crippen LogP contribution in [0.5, 0.6) is 17.2 Å². The number of nitrogens with two attached hydrogens (primary N) is 1. The topological polar surface area (TPSA) is 156 Å². The lowest BCUT2D eigenvalue weighted by Gasteiger charge is -2.17. The first-order valence-corrected chi connectivity index (χ1v) is 14.6. The minimum absolute atomic E-state index is 0.0319. The van der Waals surface area contributed by atoms with Crippen molar-refractivity contribution in [3.8, 4) is 51.8 Å². The molecule has 14 heteroatoms. The van der Waals surface area contributed by atoms with Crippen LogP contribution in [0.4, 0.5) is 10.9 Å². The maximum atomic E-state index is 12.7. The number of hydrogen-bond donors (Lipinski definition) is 2. The summed E-state index contributed by atoms with van der Waals surface area (Å²) in [4.78, 5) is 21.4. The van der Waals surface area contributed by atoms with Crippen molar-refractivity contribution in [2.75, 3.05) is 38.1 Å². The highest BCUT2D eigenvalue weighted by molar-refractivity contribution is 7.99. The number of amides is 1. The predicted molar refractivity (Wildman–Crippen MR) is 165 cm³/mol. The van der Waals surface area contributed by atoms with Crippen molar-refractivity contribution in [2.45, 2.75) is 11.4 Å². The predicted octanol–water partition coefficient (Wildman–Crippen LogP) is 6.65. The molecule has 0 radical (unpaired) electrons. The van der Waals surface area contributed by atoms with E-state index >= 15 is 0 Å². The number of thiazole rings is 1. The van der Waals surface area contributed by atoms with Crippen LogP contribution < -0.4 is 25.3 Å². The highest BCUT2D eigenvalue weighted by Crippen LogP contribution is 2.44. The number of pyridine rings is 1. The zero-order valence-corrected chi connectivity index (χ0v) is 25.6. The van der Waals surface area contributed by atoms with E-state index in [0.717, 1.165) is 5.56 Å². The maximum Gasteiger partial charge on any atom is 0.226 e. The van der Waals surface area contributed by atoms with Gasteiger partial charge in [-0.05, 0) is 29.8 Å². The second-order valence-electron chi connectivity index (χ2n) is 8.38. The minimum atomic E-state index is -0.275. The molecule has 0 aliphatic rings. The van der Waals surface area contributed by atoms with E-state index < -0.39 is 0 Å². The van der Waals surface area contributed by atoms with Gasteiger partial charge in [0.25, 0.3) is 0 Å². The Morgan fingerprint density at radius 1 is 1.00 bits per heavy atom. The lowest BCUT2D eigenvalue weighted by Crippen LogP contribution is -2.12. The van der Waals surface area contributed by atoms with E-state index in [4.69, 9.17) is 43.1 Å². The molecule has 2 aromatic carbocycles. The third kappa shape index (κ3) is 6.48. The monoisotopic (exact) mass is 640 g/mol. The van der Waals surface area contributed by atoms with Crippen LogP contribution in [0, 0.1) is 22.7 Å². The summed E-state index contributed by atoms with van der Waals surface area (Å²) in [6.07, 6.45) is 0.0956. The Hall–Kier alpha value is -4.20. The van der Waals surface area contributed by atoms with Crippen molar-refractivity contribution in [1.82, 2.24) is 9.97 Å². The molecule has 0 saturated carbocycles. The van der Waals surface area contributed by atoms with Gasteiger partial charge in [0.15, 0.2) is 16.6 Å². The van der Waals surface area contributed by atoms with Crippen LogP contribution in [-0.2, 0) is 4.79 Å². The summed E-state index contributed by atoms with van der Waals surface area (Å²) in [6.45, 7) is 0. The average Bonchev–Trinajstić information content (AvgIpc) is 3.45. The fourth-order valence-corrected chi connectivity index (χ4v) is 5.93. The molecule has 0 saturated heterocycles. The lowest BCUT2D eigenvalue weighted by molar-refractivity contribution is -0.115. The largest absolute Gasteiger partial charge is 0.493 e. The van der Waals surface area contributed by atoms with Gasteiger partial charge in [-0.15, -0.1) is 23.1 Å². The number of hydrogen-bond acceptors (Lipinski definition) is 11. The number of carbonyl (C=O) groups excluding carboxylic acids is 1. The van der Waals surface area contributed by atoms with E-state index in [9.17, 15) is 15.3 Å². The van der Waals surface area contributed by atoms with Gasteiger partial charge < -0.3 is 25.3 Å². The van der Waals surface area contributed by atoms with E-state index in [2.05, 4.69) is 21.4 Å². The number of nitriles is 2.